The van der Waals surface area contributed by atoms with E-state index in [1.54, 1.807) is 23.0 Å². The normalized spacial score (nSPS) is 11.2. The second-order valence-electron chi connectivity index (χ2n) is 4.58. The molecule has 4 aromatic rings. The van der Waals surface area contributed by atoms with Gasteiger partial charge in [0.15, 0.2) is 5.65 Å². The van der Waals surface area contributed by atoms with Crippen molar-refractivity contribution in [3.63, 3.8) is 0 Å². The SMILES string of the molecule is Nc1ccnc2c(-c3cnc4ccccc4c3)cnn12. The fourth-order valence-corrected chi connectivity index (χ4v) is 2.33. The lowest BCUT2D eigenvalue weighted by Crippen LogP contribution is -1.98. The van der Waals surface area contributed by atoms with Gasteiger partial charge in [-0.05, 0) is 18.2 Å². The highest BCUT2D eigenvalue weighted by Gasteiger charge is 2.10. The molecular weight excluding hydrogens is 250 g/mol. The summed E-state index contributed by atoms with van der Waals surface area (Å²) in [5.41, 5.74) is 9.50. The van der Waals surface area contributed by atoms with Crippen LogP contribution >= 0.6 is 0 Å². The molecule has 0 saturated heterocycles. The maximum absolute atomic E-state index is 5.88. The number of hydrogen-bond acceptors (Lipinski definition) is 4. The van der Waals surface area contributed by atoms with E-state index in [0.717, 1.165) is 27.7 Å². The maximum Gasteiger partial charge on any atom is 0.165 e. The molecule has 3 heterocycles. The number of nitrogen functional groups attached to an aromatic ring is 1. The lowest BCUT2D eigenvalue weighted by molar-refractivity contribution is 0.952. The number of nitrogens with two attached hydrogens (primary N) is 1. The molecule has 0 aliphatic carbocycles. The van der Waals surface area contributed by atoms with Gasteiger partial charge in [-0.25, -0.2) is 4.98 Å². The Labute approximate surface area is 114 Å². The van der Waals surface area contributed by atoms with Crippen LogP contribution in [0.25, 0.3) is 27.7 Å². The first-order chi connectivity index (χ1) is 9.83. The summed E-state index contributed by atoms with van der Waals surface area (Å²) in [6.45, 7) is 0. The van der Waals surface area contributed by atoms with E-state index in [4.69, 9.17) is 5.73 Å². The zero-order valence-corrected chi connectivity index (χ0v) is 10.6. The predicted molar refractivity (Wildman–Crippen MR) is 78.1 cm³/mol. The van der Waals surface area contributed by atoms with Gasteiger partial charge in [0.05, 0.1) is 11.7 Å². The van der Waals surface area contributed by atoms with Crippen LogP contribution in [0.5, 0.6) is 0 Å². The molecule has 0 aliphatic heterocycles. The van der Waals surface area contributed by atoms with Crippen molar-refractivity contribution in [2.45, 2.75) is 0 Å². The van der Waals surface area contributed by atoms with Crippen LogP contribution in [0, 0.1) is 0 Å². The summed E-state index contributed by atoms with van der Waals surface area (Å²) in [6, 6.07) is 11.8. The Balaban J connectivity index is 1.99. The van der Waals surface area contributed by atoms with Crippen LogP contribution in [0.15, 0.2) is 55.0 Å². The van der Waals surface area contributed by atoms with Crippen molar-refractivity contribution in [1.82, 2.24) is 19.6 Å². The molecule has 0 atom stereocenters. The van der Waals surface area contributed by atoms with Gasteiger partial charge < -0.3 is 5.73 Å². The van der Waals surface area contributed by atoms with E-state index in [1.165, 1.54) is 0 Å². The standard InChI is InChI=1S/C15H11N5/c16-14-5-6-17-15-12(9-19-20(14)15)11-7-10-3-1-2-4-13(10)18-8-11/h1-9H,16H2. The molecule has 96 valence electrons. The average Bonchev–Trinajstić information content (AvgIpc) is 2.92. The van der Waals surface area contributed by atoms with Crippen molar-refractivity contribution in [1.29, 1.82) is 0 Å². The molecule has 3 aromatic heterocycles. The molecule has 5 heteroatoms. The first-order valence-electron chi connectivity index (χ1n) is 6.26. The van der Waals surface area contributed by atoms with Crippen LogP contribution in [0.4, 0.5) is 5.82 Å². The highest BCUT2D eigenvalue weighted by Crippen LogP contribution is 2.26. The fourth-order valence-electron chi connectivity index (χ4n) is 2.33. The highest BCUT2D eigenvalue weighted by atomic mass is 15.3. The Morgan fingerprint density at radius 1 is 1.00 bits per heavy atom. The number of hydrogen-bond donors (Lipinski definition) is 1. The Hall–Kier alpha value is -2.95. The van der Waals surface area contributed by atoms with Gasteiger partial charge in [0.1, 0.15) is 5.82 Å². The number of anilines is 1. The molecular formula is C15H11N5. The topological polar surface area (TPSA) is 69.1 Å². The van der Waals surface area contributed by atoms with E-state index in [-0.39, 0.29) is 0 Å². The first kappa shape index (κ1) is 10.9. The Kier molecular flexibility index (Phi) is 2.20. The molecule has 2 N–H and O–H groups in total. The summed E-state index contributed by atoms with van der Waals surface area (Å²) >= 11 is 0. The summed E-state index contributed by atoms with van der Waals surface area (Å²) < 4.78 is 1.63. The Bertz CT molecular complexity index is 926. The van der Waals surface area contributed by atoms with Gasteiger partial charge >= 0.3 is 0 Å². The summed E-state index contributed by atoms with van der Waals surface area (Å²) in [6.07, 6.45) is 5.29. The van der Waals surface area contributed by atoms with Crippen LogP contribution in [-0.4, -0.2) is 19.6 Å². The minimum Gasteiger partial charge on any atom is -0.384 e. The molecule has 0 bridgehead atoms. The van der Waals surface area contributed by atoms with Crippen molar-refractivity contribution < 1.29 is 0 Å². The molecule has 0 saturated carbocycles. The van der Waals surface area contributed by atoms with E-state index in [1.807, 2.05) is 30.5 Å². The molecule has 0 radical (unpaired) electrons. The van der Waals surface area contributed by atoms with Gasteiger partial charge in [-0.15, -0.1) is 0 Å². The lowest BCUT2D eigenvalue weighted by atomic mass is 10.1. The third kappa shape index (κ3) is 1.53. The molecule has 4 rings (SSSR count). The number of fused-ring (bicyclic) bond motifs is 2. The second kappa shape index (κ2) is 4.03. The first-order valence-corrected chi connectivity index (χ1v) is 6.26. The van der Waals surface area contributed by atoms with Crippen LogP contribution < -0.4 is 5.73 Å². The van der Waals surface area contributed by atoms with Crippen LogP contribution in [0.2, 0.25) is 0 Å². The van der Waals surface area contributed by atoms with Crippen LogP contribution in [-0.2, 0) is 0 Å². The van der Waals surface area contributed by atoms with Crippen molar-refractivity contribution in [2.24, 2.45) is 0 Å². The average molecular weight is 261 g/mol. The number of pyridine rings is 1. The fraction of sp³-hybridized carbons (Fsp3) is 0. The third-order valence-electron chi connectivity index (χ3n) is 3.33. The minimum absolute atomic E-state index is 0.565. The number of para-hydroxylation sites is 1. The van der Waals surface area contributed by atoms with Gasteiger partial charge in [-0.1, -0.05) is 18.2 Å². The van der Waals surface area contributed by atoms with Crippen molar-refractivity contribution in [3.8, 4) is 11.1 Å². The molecule has 5 nitrogen and oxygen atoms in total. The van der Waals surface area contributed by atoms with Crippen molar-refractivity contribution >= 4 is 22.4 Å². The molecule has 0 unspecified atom stereocenters. The van der Waals surface area contributed by atoms with Gasteiger partial charge in [0.2, 0.25) is 0 Å². The molecule has 20 heavy (non-hydrogen) atoms. The van der Waals surface area contributed by atoms with Gasteiger partial charge in [-0.3, -0.25) is 4.98 Å². The van der Waals surface area contributed by atoms with Crippen molar-refractivity contribution in [3.05, 3.63) is 55.0 Å². The second-order valence-corrected chi connectivity index (χ2v) is 4.58. The molecule has 0 spiro atoms. The van der Waals surface area contributed by atoms with Gasteiger partial charge in [-0.2, -0.15) is 9.61 Å². The number of aromatic nitrogens is 4. The van der Waals surface area contributed by atoms with E-state index < -0.39 is 0 Å². The smallest absolute Gasteiger partial charge is 0.165 e. The number of nitrogens with zero attached hydrogens (tertiary/aromatic N) is 4. The number of rotatable bonds is 1. The van der Waals surface area contributed by atoms with Crippen molar-refractivity contribution in [2.75, 3.05) is 5.73 Å². The molecule has 1 aromatic carbocycles. The molecule has 0 fully saturated rings. The third-order valence-corrected chi connectivity index (χ3v) is 3.33. The summed E-state index contributed by atoms with van der Waals surface area (Å²) in [4.78, 5) is 8.82. The van der Waals surface area contributed by atoms with Crippen LogP contribution in [0.3, 0.4) is 0 Å². The van der Waals surface area contributed by atoms with E-state index in [0.29, 0.717) is 5.82 Å². The van der Waals surface area contributed by atoms with E-state index >= 15 is 0 Å². The molecule has 0 aliphatic rings. The van der Waals surface area contributed by atoms with Gasteiger partial charge in [0.25, 0.3) is 0 Å². The maximum atomic E-state index is 5.88. The summed E-state index contributed by atoms with van der Waals surface area (Å²) in [5, 5.41) is 5.37. The molecule has 0 amide bonds. The van der Waals surface area contributed by atoms with E-state index in [2.05, 4.69) is 21.1 Å². The van der Waals surface area contributed by atoms with E-state index in [9.17, 15) is 0 Å². The largest absolute Gasteiger partial charge is 0.384 e. The highest BCUT2D eigenvalue weighted by molar-refractivity contribution is 5.86. The Morgan fingerprint density at radius 3 is 2.85 bits per heavy atom. The number of benzene rings is 1. The lowest BCUT2D eigenvalue weighted by Gasteiger charge is -2.02. The zero-order valence-electron chi connectivity index (χ0n) is 10.6. The monoisotopic (exact) mass is 261 g/mol. The van der Waals surface area contributed by atoms with Gasteiger partial charge in [0, 0.05) is 28.9 Å². The summed E-state index contributed by atoms with van der Waals surface area (Å²) in [7, 11) is 0. The Morgan fingerprint density at radius 2 is 1.90 bits per heavy atom. The zero-order chi connectivity index (χ0) is 13.5. The summed E-state index contributed by atoms with van der Waals surface area (Å²) in [5.74, 6) is 0.565. The quantitative estimate of drug-likeness (QED) is 0.571. The van der Waals surface area contributed by atoms with Crippen LogP contribution in [0.1, 0.15) is 0 Å². The minimum atomic E-state index is 0.565. The predicted octanol–water partition coefficient (Wildman–Crippen LogP) is 2.53.